The van der Waals surface area contributed by atoms with Crippen LogP contribution in [0, 0.1) is 0 Å². The Kier molecular flexibility index (Phi) is 5.85. The van der Waals surface area contributed by atoms with Gasteiger partial charge in [-0.3, -0.25) is 9.59 Å². The lowest BCUT2D eigenvalue weighted by Gasteiger charge is -2.19. The average Bonchev–Trinajstić information content (AvgIpc) is 2.82. The molecule has 23 heavy (non-hydrogen) atoms. The van der Waals surface area contributed by atoms with Crippen LogP contribution in [0.4, 0.5) is 0 Å². The minimum Gasteiger partial charge on any atom is -0.395 e. The fourth-order valence-electron chi connectivity index (χ4n) is 2.51. The van der Waals surface area contributed by atoms with Crippen LogP contribution in [0.25, 0.3) is 0 Å². The van der Waals surface area contributed by atoms with E-state index in [0.29, 0.717) is 0 Å². The van der Waals surface area contributed by atoms with Crippen LogP contribution in [-0.2, 0) is 11.3 Å². The molecule has 1 aromatic rings. The molecule has 128 valence electrons. The number of nitrogens with zero attached hydrogens (tertiary/aromatic N) is 1. The minimum absolute atomic E-state index is 0.0748. The highest BCUT2D eigenvalue weighted by molar-refractivity contribution is 5.81. The van der Waals surface area contributed by atoms with Gasteiger partial charge in [-0.05, 0) is 0 Å². The summed E-state index contributed by atoms with van der Waals surface area (Å²) < 4.78 is 1.62. The van der Waals surface area contributed by atoms with Crippen LogP contribution < -0.4 is 21.8 Å². The van der Waals surface area contributed by atoms with Crippen LogP contribution in [0.5, 0.6) is 0 Å². The van der Waals surface area contributed by atoms with Gasteiger partial charge in [0.25, 0.3) is 0 Å². The molecule has 0 spiro atoms. The van der Waals surface area contributed by atoms with Gasteiger partial charge in [0.2, 0.25) is 5.91 Å². The third-order valence-electron chi connectivity index (χ3n) is 3.90. The fraction of sp³-hybridized carbons (Fsp3) is 0.571. The van der Waals surface area contributed by atoms with Gasteiger partial charge in [-0.1, -0.05) is 0 Å². The number of aliphatic hydroxyl groups excluding tert-OH is 3. The average molecular weight is 326 g/mol. The predicted molar refractivity (Wildman–Crippen MR) is 81.5 cm³/mol. The van der Waals surface area contributed by atoms with Crippen LogP contribution in [0.2, 0.25) is 0 Å². The molecule has 1 fully saturated rings. The van der Waals surface area contributed by atoms with Crippen molar-refractivity contribution in [1.29, 1.82) is 0 Å². The summed E-state index contributed by atoms with van der Waals surface area (Å²) in [7, 11) is 0. The number of hydrogen-bond donors (Lipinski definition) is 6. The standard InChI is InChI=1S/C14H22N4O5/c15-9(6-18-3-1-8(20)2-4-18)14(23)16-5-10-12(21)13(22)11(7-19)17-10/h1-4,9-13,17,19,21-22H,5-7,15H2,(H,16,23)/t9-,10-,11-,12-,13-/m1/s1. The van der Waals surface area contributed by atoms with Crippen molar-refractivity contribution in [3.63, 3.8) is 0 Å². The highest BCUT2D eigenvalue weighted by atomic mass is 16.3. The summed E-state index contributed by atoms with van der Waals surface area (Å²) in [6.07, 6.45) is 0.916. The lowest BCUT2D eigenvalue weighted by atomic mass is 10.1. The molecule has 7 N–H and O–H groups in total. The van der Waals surface area contributed by atoms with E-state index in [-0.39, 0.29) is 25.1 Å². The maximum Gasteiger partial charge on any atom is 0.238 e. The van der Waals surface area contributed by atoms with Crippen molar-refractivity contribution in [3.8, 4) is 0 Å². The first kappa shape index (κ1) is 17.6. The SMILES string of the molecule is N[C@H](Cn1ccc(=O)cc1)C(=O)NC[C@H]1N[C@H](CO)[C@@H](O)[C@@H]1O. The molecule has 1 saturated heterocycles. The van der Waals surface area contributed by atoms with Gasteiger partial charge >= 0.3 is 0 Å². The monoisotopic (exact) mass is 326 g/mol. The largest absolute Gasteiger partial charge is 0.395 e. The van der Waals surface area contributed by atoms with Crippen LogP contribution in [-0.4, -0.2) is 69.3 Å². The zero-order chi connectivity index (χ0) is 17.0. The van der Waals surface area contributed by atoms with Gasteiger partial charge in [0.15, 0.2) is 5.43 Å². The molecular weight excluding hydrogens is 304 g/mol. The van der Waals surface area contributed by atoms with E-state index >= 15 is 0 Å². The van der Waals surface area contributed by atoms with Crippen molar-refractivity contribution in [3.05, 3.63) is 34.7 Å². The Balaban J connectivity index is 1.82. The molecule has 0 saturated carbocycles. The van der Waals surface area contributed by atoms with Crippen molar-refractivity contribution >= 4 is 5.91 Å². The molecule has 2 heterocycles. The second kappa shape index (κ2) is 7.66. The number of carbonyl (C=O) groups is 1. The van der Waals surface area contributed by atoms with Crippen LogP contribution in [0.1, 0.15) is 0 Å². The van der Waals surface area contributed by atoms with E-state index in [9.17, 15) is 19.8 Å². The number of carbonyl (C=O) groups excluding carboxylic acids is 1. The Labute approximate surface area is 132 Å². The molecule has 0 aliphatic carbocycles. The summed E-state index contributed by atoms with van der Waals surface area (Å²) in [5.41, 5.74) is 5.68. The van der Waals surface area contributed by atoms with Crippen LogP contribution >= 0.6 is 0 Å². The Bertz CT molecular complexity index is 572. The number of nitrogens with two attached hydrogens (primary N) is 1. The Morgan fingerprint density at radius 1 is 1.30 bits per heavy atom. The van der Waals surface area contributed by atoms with E-state index in [1.165, 1.54) is 12.1 Å². The first-order chi connectivity index (χ1) is 10.9. The Morgan fingerprint density at radius 2 is 1.91 bits per heavy atom. The molecule has 9 nitrogen and oxygen atoms in total. The Morgan fingerprint density at radius 3 is 2.48 bits per heavy atom. The van der Waals surface area contributed by atoms with Crippen molar-refractivity contribution in [2.75, 3.05) is 13.2 Å². The maximum absolute atomic E-state index is 12.0. The molecule has 1 aliphatic rings. The molecule has 0 bridgehead atoms. The van der Waals surface area contributed by atoms with Crippen molar-refractivity contribution in [1.82, 2.24) is 15.2 Å². The second-order valence-electron chi connectivity index (χ2n) is 5.63. The van der Waals surface area contributed by atoms with Crippen molar-refractivity contribution < 1.29 is 20.1 Å². The van der Waals surface area contributed by atoms with E-state index in [4.69, 9.17) is 10.8 Å². The zero-order valence-electron chi connectivity index (χ0n) is 12.5. The molecule has 0 aromatic carbocycles. The van der Waals surface area contributed by atoms with E-state index in [0.717, 1.165) is 0 Å². The van der Waals surface area contributed by atoms with Gasteiger partial charge < -0.3 is 36.3 Å². The molecule has 0 unspecified atom stereocenters. The number of hydrogen-bond acceptors (Lipinski definition) is 7. The summed E-state index contributed by atoms with van der Waals surface area (Å²) >= 11 is 0. The quantitative estimate of drug-likeness (QED) is 0.315. The lowest BCUT2D eigenvalue weighted by Crippen LogP contribution is -2.49. The number of amides is 1. The normalized spacial score (nSPS) is 28.5. The molecule has 9 heteroatoms. The molecule has 1 aliphatic heterocycles. The van der Waals surface area contributed by atoms with Gasteiger partial charge in [0, 0.05) is 37.6 Å². The van der Waals surface area contributed by atoms with Gasteiger partial charge in [-0.2, -0.15) is 0 Å². The van der Waals surface area contributed by atoms with Crippen molar-refractivity contribution in [2.45, 2.75) is 36.9 Å². The smallest absolute Gasteiger partial charge is 0.238 e. The number of nitrogens with one attached hydrogen (secondary N) is 2. The number of aliphatic hydroxyl groups is 3. The molecular formula is C14H22N4O5. The molecule has 0 radical (unpaired) electrons. The highest BCUT2D eigenvalue weighted by Crippen LogP contribution is 2.13. The van der Waals surface area contributed by atoms with E-state index < -0.39 is 36.2 Å². The van der Waals surface area contributed by atoms with E-state index in [2.05, 4.69) is 10.6 Å². The second-order valence-corrected chi connectivity index (χ2v) is 5.63. The predicted octanol–water partition coefficient (Wildman–Crippen LogP) is -3.65. The van der Waals surface area contributed by atoms with E-state index in [1.807, 2.05) is 0 Å². The topological polar surface area (TPSA) is 150 Å². The third kappa shape index (κ3) is 4.36. The van der Waals surface area contributed by atoms with Crippen LogP contribution in [0.3, 0.4) is 0 Å². The van der Waals surface area contributed by atoms with Gasteiger partial charge in [0.05, 0.1) is 30.9 Å². The fourth-order valence-corrected chi connectivity index (χ4v) is 2.51. The number of pyridine rings is 1. The highest BCUT2D eigenvalue weighted by Gasteiger charge is 2.40. The van der Waals surface area contributed by atoms with Crippen LogP contribution in [0.15, 0.2) is 29.3 Å². The first-order valence-electron chi connectivity index (χ1n) is 7.35. The van der Waals surface area contributed by atoms with Gasteiger partial charge in [-0.25, -0.2) is 0 Å². The minimum atomic E-state index is -1.09. The molecule has 1 aromatic heterocycles. The van der Waals surface area contributed by atoms with Gasteiger partial charge in [0.1, 0.15) is 6.04 Å². The number of aromatic nitrogens is 1. The third-order valence-corrected chi connectivity index (χ3v) is 3.90. The summed E-state index contributed by atoms with van der Waals surface area (Å²) in [6.45, 7) is -0.0331. The Hall–Kier alpha value is -1.78. The lowest BCUT2D eigenvalue weighted by molar-refractivity contribution is -0.122. The van der Waals surface area contributed by atoms with E-state index in [1.54, 1.807) is 17.0 Å². The molecule has 5 atom stereocenters. The van der Waals surface area contributed by atoms with Gasteiger partial charge in [-0.15, -0.1) is 0 Å². The summed E-state index contributed by atoms with van der Waals surface area (Å²) in [6, 6.07) is 0.738. The summed E-state index contributed by atoms with van der Waals surface area (Å²) in [5, 5.41) is 34.0. The number of rotatable bonds is 6. The summed E-state index contributed by atoms with van der Waals surface area (Å²) in [4.78, 5) is 23.0. The first-order valence-corrected chi connectivity index (χ1v) is 7.35. The maximum atomic E-state index is 12.0. The molecule has 1 amide bonds. The summed E-state index contributed by atoms with van der Waals surface area (Å²) in [5.74, 6) is -0.417. The molecule has 2 rings (SSSR count). The zero-order valence-corrected chi connectivity index (χ0v) is 12.5. The van der Waals surface area contributed by atoms with Crippen molar-refractivity contribution in [2.24, 2.45) is 5.73 Å².